The van der Waals surface area contributed by atoms with Crippen molar-refractivity contribution in [3.63, 3.8) is 0 Å². The van der Waals surface area contributed by atoms with Gasteiger partial charge in [-0.1, -0.05) is 25.1 Å². The molecule has 1 aromatic carbocycles. The standard InChI is InChI=1S/C26H28FN7O2/c1-15(17-7-6-8-18-22(24(35)28-5)19(27)13-30-23(17)18)10-29-21-9-20(33-14-34-21)16-11-31-25(32-12-16)36-26(2,3)4/h6-9,11-15H,10H2,1-5H3,(H,28,35)(H,29,33,34)/t15-/m1/s1. The van der Waals surface area contributed by atoms with Crippen LogP contribution >= 0.6 is 0 Å². The van der Waals surface area contributed by atoms with Crippen LogP contribution in [0.1, 0.15) is 49.5 Å². The van der Waals surface area contributed by atoms with E-state index in [1.54, 1.807) is 24.5 Å². The van der Waals surface area contributed by atoms with Crippen LogP contribution in [0.3, 0.4) is 0 Å². The minimum Gasteiger partial charge on any atom is -0.458 e. The van der Waals surface area contributed by atoms with Gasteiger partial charge in [0.25, 0.3) is 5.91 Å². The number of aromatic nitrogens is 5. The van der Waals surface area contributed by atoms with Gasteiger partial charge in [0.05, 0.1) is 23.0 Å². The van der Waals surface area contributed by atoms with Gasteiger partial charge in [-0.05, 0) is 26.3 Å². The first kappa shape index (κ1) is 24.9. The van der Waals surface area contributed by atoms with Crippen LogP contribution in [0.25, 0.3) is 22.2 Å². The Morgan fingerprint density at radius 3 is 2.53 bits per heavy atom. The predicted octanol–water partition coefficient (Wildman–Crippen LogP) is 4.37. The zero-order valence-electron chi connectivity index (χ0n) is 20.8. The molecule has 3 aromatic heterocycles. The summed E-state index contributed by atoms with van der Waals surface area (Å²) in [4.78, 5) is 33.7. The number of amides is 1. The van der Waals surface area contributed by atoms with Gasteiger partial charge in [-0.25, -0.2) is 24.3 Å². The number of para-hydroxylation sites is 1. The number of nitrogens with one attached hydrogen (secondary N) is 2. The van der Waals surface area contributed by atoms with Crippen LogP contribution in [0.4, 0.5) is 10.2 Å². The van der Waals surface area contributed by atoms with Crippen molar-refractivity contribution in [3.8, 4) is 17.3 Å². The van der Waals surface area contributed by atoms with Crippen LogP contribution in [0, 0.1) is 5.82 Å². The summed E-state index contributed by atoms with van der Waals surface area (Å²) < 4.78 is 20.0. The highest BCUT2D eigenvalue weighted by atomic mass is 19.1. The van der Waals surface area contributed by atoms with E-state index < -0.39 is 11.7 Å². The third-order valence-corrected chi connectivity index (χ3v) is 5.45. The molecule has 9 nitrogen and oxygen atoms in total. The second-order valence-electron chi connectivity index (χ2n) is 9.34. The Morgan fingerprint density at radius 1 is 1.08 bits per heavy atom. The van der Waals surface area contributed by atoms with Crippen molar-refractivity contribution >= 4 is 22.6 Å². The van der Waals surface area contributed by atoms with E-state index in [-0.39, 0.29) is 17.1 Å². The summed E-state index contributed by atoms with van der Waals surface area (Å²) in [5.41, 5.74) is 2.48. The summed E-state index contributed by atoms with van der Waals surface area (Å²) in [5.74, 6) is -0.523. The number of rotatable bonds is 7. The Bertz CT molecular complexity index is 1390. The molecular weight excluding hydrogens is 461 g/mol. The number of hydrogen-bond donors (Lipinski definition) is 2. The SMILES string of the molecule is CNC(=O)c1c(F)cnc2c([C@H](C)CNc3cc(-c4cnc(OC(C)(C)C)nc4)ncn3)cccc12. The lowest BCUT2D eigenvalue weighted by Gasteiger charge is -2.19. The van der Waals surface area contributed by atoms with E-state index in [2.05, 4.69) is 35.6 Å². The molecule has 2 N–H and O–H groups in total. The monoisotopic (exact) mass is 489 g/mol. The van der Waals surface area contributed by atoms with Crippen LogP contribution in [0.15, 0.2) is 49.2 Å². The first-order valence-electron chi connectivity index (χ1n) is 11.5. The second-order valence-corrected chi connectivity index (χ2v) is 9.34. The Kier molecular flexibility index (Phi) is 7.05. The number of nitrogens with zero attached hydrogens (tertiary/aromatic N) is 5. The van der Waals surface area contributed by atoms with Gasteiger partial charge in [0.2, 0.25) is 0 Å². The molecule has 4 rings (SSSR count). The van der Waals surface area contributed by atoms with Crippen LogP contribution in [-0.4, -0.2) is 50.0 Å². The molecule has 0 aliphatic heterocycles. The minimum atomic E-state index is -0.653. The summed E-state index contributed by atoms with van der Waals surface area (Å²) in [6, 6.07) is 7.55. The van der Waals surface area contributed by atoms with Gasteiger partial charge in [-0.15, -0.1) is 0 Å². The molecule has 36 heavy (non-hydrogen) atoms. The first-order valence-corrected chi connectivity index (χ1v) is 11.5. The molecule has 0 aliphatic carbocycles. The van der Waals surface area contributed by atoms with Crippen LogP contribution < -0.4 is 15.4 Å². The Morgan fingerprint density at radius 2 is 1.83 bits per heavy atom. The summed E-state index contributed by atoms with van der Waals surface area (Å²) >= 11 is 0. The average molecular weight is 490 g/mol. The van der Waals surface area contributed by atoms with Crippen molar-refractivity contribution in [1.29, 1.82) is 0 Å². The number of pyridine rings is 1. The number of benzene rings is 1. The van der Waals surface area contributed by atoms with E-state index in [9.17, 15) is 9.18 Å². The molecule has 1 amide bonds. The average Bonchev–Trinajstić information content (AvgIpc) is 2.86. The molecule has 0 fully saturated rings. The van der Waals surface area contributed by atoms with Gasteiger partial charge in [0, 0.05) is 48.9 Å². The summed E-state index contributed by atoms with van der Waals surface area (Å²) in [7, 11) is 1.47. The van der Waals surface area contributed by atoms with Crippen molar-refractivity contribution < 1.29 is 13.9 Å². The number of anilines is 1. The van der Waals surface area contributed by atoms with E-state index in [1.807, 2.05) is 39.8 Å². The Balaban J connectivity index is 1.52. The zero-order valence-corrected chi connectivity index (χ0v) is 20.8. The van der Waals surface area contributed by atoms with Gasteiger partial charge >= 0.3 is 6.01 Å². The number of halogens is 1. The third-order valence-electron chi connectivity index (χ3n) is 5.45. The molecule has 0 aliphatic rings. The second kappa shape index (κ2) is 10.2. The van der Waals surface area contributed by atoms with E-state index in [1.165, 1.54) is 13.4 Å². The van der Waals surface area contributed by atoms with Crippen molar-refractivity contribution in [2.24, 2.45) is 0 Å². The lowest BCUT2D eigenvalue weighted by molar-refractivity contribution is 0.0960. The van der Waals surface area contributed by atoms with Gasteiger partial charge in [-0.3, -0.25) is 9.78 Å². The summed E-state index contributed by atoms with van der Waals surface area (Å²) in [6.45, 7) is 8.35. The molecule has 10 heteroatoms. The lowest BCUT2D eigenvalue weighted by atomic mass is 9.96. The summed E-state index contributed by atoms with van der Waals surface area (Å²) in [6.07, 6.45) is 5.88. The number of hydrogen-bond acceptors (Lipinski definition) is 8. The fourth-order valence-corrected chi connectivity index (χ4v) is 3.73. The van der Waals surface area contributed by atoms with Crippen molar-refractivity contribution in [1.82, 2.24) is 30.2 Å². The summed E-state index contributed by atoms with van der Waals surface area (Å²) in [5, 5.41) is 6.29. The van der Waals surface area contributed by atoms with Gasteiger partial charge in [0.15, 0.2) is 5.82 Å². The molecule has 0 bridgehead atoms. The number of ether oxygens (including phenoxy) is 1. The topological polar surface area (TPSA) is 115 Å². The highest BCUT2D eigenvalue weighted by Gasteiger charge is 2.19. The predicted molar refractivity (Wildman–Crippen MR) is 135 cm³/mol. The molecular formula is C26H28FN7O2. The van der Waals surface area contributed by atoms with E-state index in [0.29, 0.717) is 35.0 Å². The van der Waals surface area contributed by atoms with Crippen molar-refractivity contribution in [2.45, 2.75) is 39.2 Å². The number of carbonyl (C=O) groups is 1. The lowest BCUT2D eigenvalue weighted by Crippen LogP contribution is -2.24. The molecule has 0 spiro atoms. The van der Waals surface area contributed by atoms with Gasteiger partial charge < -0.3 is 15.4 Å². The molecule has 0 saturated heterocycles. The highest BCUT2D eigenvalue weighted by molar-refractivity contribution is 6.06. The third kappa shape index (κ3) is 5.54. The largest absolute Gasteiger partial charge is 0.458 e. The smallest absolute Gasteiger partial charge is 0.316 e. The first-order chi connectivity index (χ1) is 17.2. The molecule has 1 atom stereocenters. The van der Waals surface area contributed by atoms with Crippen LogP contribution in [0.2, 0.25) is 0 Å². The van der Waals surface area contributed by atoms with Gasteiger partial charge in [0.1, 0.15) is 17.7 Å². The molecule has 4 aromatic rings. The maximum absolute atomic E-state index is 14.4. The molecule has 3 heterocycles. The fourth-order valence-electron chi connectivity index (χ4n) is 3.73. The minimum absolute atomic E-state index is 0.00825. The van der Waals surface area contributed by atoms with Crippen LogP contribution in [0.5, 0.6) is 6.01 Å². The molecule has 0 saturated carbocycles. The van der Waals surface area contributed by atoms with Crippen LogP contribution in [-0.2, 0) is 0 Å². The maximum Gasteiger partial charge on any atom is 0.316 e. The fraction of sp³-hybridized carbons (Fsp3) is 0.308. The molecule has 0 unspecified atom stereocenters. The van der Waals surface area contributed by atoms with E-state index >= 15 is 0 Å². The highest BCUT2D eigenvalue weighted by Crippen LogP contribution is 2.28. The van der Waals surface area contributed by atoms with Gasteiger partial charge in [-0.2, -0.15) is 0 Å². The number of carbonyl (C=O) groups excluding carboxylic acids is 1. The van der Waals surface area contributed by atoms with E-state index in [0.717, 1.165) is 17.3 Å². The Labute approximate surface area is 208 Å². The normalized spacial score (nSPS) is 12.3. The van der Waals surface area contributed by atoms with Crippen molar-refractivity contribution in [3.05, 3.63) is 66.1 Å². The maximum atomic E-state index is 14.4. The molecule has 186 valence electrons. The van der Waals surface area contributed by atoms with Crippen molar-refractivity contribution in [2.75, 3.05) is 18.9 Å². The Hall–Kier alpha value is -4.21. The van der Waals surface area contributed by atoms with E-state index in [4.69, 9.17) is 4.74 Å². The number of fused-ring (bicyclic) bond motifs is 1. The quantitative estimate of drug-likeness (QED) is 0.393. The molecule has 0 radical (unpaired) electrons. The zero-order chi connectivity index (χ0) is 25.9.